The van der Waals surface area contributed by atoms with E-state index in [0.29, 0.717) is 5.92 Å². The maximum Gasteiger partial charge on any atom is 0.249 e. The summed E-state index contributed by atoms with van der Waals surface area (Å²) in [6.45, 7) is 3.54. The standard InChI is InChI=1S/C9H16BrNO2/c1-7(5-10)6-11-9(12)8-3-2-4-13-8/h7-8H,2-6H2,1H3,(H,11,12). The van der Waals surface area contributed by atoms with Crippen LogP contribution in [-0.2, 0) is 9.53 Å². The van der Waals surface area contributed by atoms with Crippen molar-refractivity contribution in [2.24, 2.45) is 5.92 Å². The van der Waals surface area contributed by atoms with Gasteiger partial charge in [-0.3, -0.25) is 4.79 Å². The van der Waals surface area contributed by atoms with Crippen LogP contribution in [0.2, 0.25) is 0 Å². The summed E-state index contributed by atoms with van der Waals surface area (Å²) in [4.78, 5) is 11.4. The maximum absolute atomic E-state index is 11.4. The van der Waals surface area contributed by atoms with Crippen molar-refractivity contribution in [1.29, 1.82) is 0 Å². The van der Waals surface area contributed by atoms with Crippen LogP contribution in [0, 0.1) is 5.92 Å². The van der Waals surface area contributed by atoms with Gasteiger partial charge in [0.1, 0.15) is 6.10 Å². The Morgan fingerprint density at radius 2 is 2.54 bits per heavy atom. The molecule has 1 amide bonds. The fraction of sp³-hybridized carbons (Fsp3) is 0.889. The lowest BCUT2D eigenvalue weighted by Gasteiger charge is -2.12. The molecule has 1 rings (SSSR count). The molecule has 0 aromatic carbocycles. The van der Waals surface area contributed by atoms with Gasteiger partial charge in [-0.25, -0.2) is 0 Å². The first kappa shape index (κ1) is 11.0. The van der Waals surface area contributed by atoms with E-state index < -0.39 is 0 Å². The predicted octanol–water partition coefficient (Wildman–Crippen LogP) is 1.31. The van der Waals surface area contributed by atoms with E-state index in [2.05, 4.69) is 28.2 Å². The van der Waals surface area contributed by atoms with Gasteiger partial charge in [-0.1, -0.05) is 22.9 Å². The summed E-state index contributed by atoms with van der Waals surface area (Å²) in [6, 6.07) is 0. The second-order valence-electron chi connectivity index (χ2n) is 3.51. The molecule has 2 atom stereocenters. The topological polar surface area (TPSA) is 38.3 Å². The van der Waals surface area contributed by atoms with E-state index in [4.69, 9.17) is 4.74 Å². The third-order valence-electron chi connectivity index (χ3n) is 2.11. The Morgan fingerprint density at radius 1 is 1.77 bits per heavy atom. The maximum atomic E-state index is 11.4. The number of carbonyl (C=O) groups excluding carboxylic acids is 1. The van der Waals surface area contributed by atoms with E-state index in [-0.39, 0.29) is 12.0 Å². The average molecular weight is 250 g/mol. The fourth-order valence-electron chi connectivity index (χ4n) is 1.23. The second kappa shape index (κ2) is 5.60. The third-order valence-corrected chi connectivity index (χ3v) is 3.22. The van der Waals surface area contributed by atoms with Crippen LogP contribution in [0.5, 0.6) is 0 Å². The largest absolute Gasteiger partial charge is 0.368 e. The Bertz CT molecular complexity index is 169. The Hall–Kier alpha value is -0.0900. The van der Waals surface area contributed by atoms with Crippen molar-refractivity contribution in [2.75, 3.05) is 18.5 Å². The molecule has 1 aliphatic heterocycles. The minimum Gasteiger partial charge on any atom is -0.368 e. The highest BCUT2D eigenvalue weighted by Gasteiger charge is 2.23. The highest BCUT2D eigenvalue weighted by atomic mass is 79.9. The van der Waals surface area contributed by atoms with Gasteiger partial charge in [0.15, 0.2) is 0 Å². The zero-order chi connectivity index (χ0) is 9.68. The van der Waals surface area contributed by atoms with E-state index in [9.17, 15) is 4.79 Å². The second-order valence-corrected chi connectivity index (χ2v) is 4.15. The third kappa shape index (κ3) is 3.65. The van der Waals surface area contributed by atoms with Crippen LogP contribution < -0.4 is 5.32 Å². The molecule has 76 valence electrons. The van der Waals surface area contributed by atoms with Gasteiger partial charge >= 0.3 is 0 Å². The number of alkyl halides is 1. The van der Waals surface area contributed by atoms with E-state index in [1.807, 2.05) is 0 Å². The SMILES string of the molecule is CC(CBr)CNC(=O)C1CCCO1. The average Bonchev–Trinajstić information content (AvgIpc) is 2.66. The lowest BCUT2D eigenvalue weighted by molar-refractivity contribution is -0.130. The molecule has 1 N–H and O–H groups in total. The van der Waals surface area contributed by atoms with Crippen LogP contribution in [0.1, 0.15) is 19.8 Å². The minimum atomic E-state index is -0.192. The predicted molar refractivity (Wildman–Crippen MR) is 54.9 cm³/mol. The highest BCUT2D eigenvalue weighted by Crippen LogP contribution is 2.11. The van der Waals surface area contributed by atoms with Gasteiger partial charge < -0.3 is 10.1 Å². The molecule has 2 unspecified atom stereocenters. The molecule has 3 nitrogen and oxygen atoms in total. The molecule has 1 saturated heterocycles. The summed E-state index contributed by atoms with van der Waals surface area (Å²) in [7, 11) is 0. The molecule has 1 heterocycles. The van der Waals surface area contributed by atoms with Crippen molar-refractivity contribution in [3.63, 3.8) is 0 Å². The highest BCUT2D eigenvalue weighted by molar-refractivity contribution is 9.09. The first-order chi connectivity index (χ1) is 6.24. The van der Waals surface area contributed by atoms with E-state index in [1.54, 1.807) is 0 Å². The Labute approximate surface area is 87.3 Å². The molecule has 1 fully saturated rings. The van der Waals surface area contributed by atoms with Gasteiger partial charge in [0.2, 0.25) is 5.91 Å². The fourth-order valence-corrected chi connectivity index (χ4v) is 1.46. The first-order valence-electron chi connectivity index (χ1n) is 4.69. The quantitative estimate of drug-likeness (QED) is 0.764. The van der Waals surface area contributed by atoms with Crippen LogP contribution in [0.3, 0.4) is 0 Å². The van der Waals surface area contributed by atoms with Gasteiger partial charge in [-0.2, -0.15) is 0 Å². The zero-order valence-electron chi connectivity index (χ0n) is 7.88. The van der Waals surface area contributed by atoms with Crippen molar-refractivity contribution >= 4 is 21.8 Å². The molecule has 0 aliphatic carbocycles. The van der Waals surface area contributed by atoms with Gasteiger partial charge in [0.25, 0.3) is 0 Å². The number of rotatable bonds is 4. The van der Waals surface area contributed by atoms with Gasteiger partial charge in [-0.15, -0.1) is 0 Å². The van der Waals surface area contributed by atoms with E-state index in [1.165, 1.54) is 0 Å². The minimum absolute atomic E-state index is 0.0466. The van der Waals surface area contributed by atoms with Crippen LogP contribution in [0.4, 0.5) is 0 Å². The molecular weight excluding hydrogens is 234 g/mol. The first-order valence-corrected chi connectivity index (χ1v) is 5.81. The lowest BCUT2D eigenvalue weighted by atomic mass is 10.2. The van der Waals surface area contributed by atoms with Crippen molar-refractivity contribution in [3.8, 4) is 0 Å². The summed E-state index contributed by atoms with van der Waals surface area (Å²) in [6.07, 6.45) is 1.68. The number of halogens is 1. The van der Waals surface area contributed by atoms with E-state index >= 15 is 0 Å². The molecular formula is C9H16BrNO2. The summed E-state index contributed by atoms with van der Waals surface area (Å²) in [5.74, 6) is 0.524. The monoisotopic (exact) mass is 249 g/mol. The number of hydrogen-bond donors (Lipinski definition) is 1. The smallest absolute Gasteiger partial charge is 0.249 e. The Balaban J connectivity index is 2.16. The molecule has 0 saturated carbocycles. The Morgan fingerprint density at radius 3 is 3.08 bits per heavy atom. The number of ether oxygens (including phenoxy) is 1. The van der Waals surface area contributed by atoms with E-state index in [0.717, 1.165) is 31.3 Å². The molecule has 0 aromatic heterocycles. The van der Waals surface area contributed by atoms with Gasteiger partial charge in [0, 0.05) is 18.5 Å². The molecule has 0 aromatic rings. The zero-order valence-corrected chi connectivity index (χ0v) is 9.47. The van der Waals surface area contributed by atoms with Crippen LogP contribution in [-0.4, -0.2) is 30.5 Å². The van der Waals surface area contributed by atoms with Crippen molar-refractivity contribution in [3.05, 3.63) is 0 Å². The summed E-state index contributed by atoms with van der Waals surface area (Å²) < 4.78 is 5.26. The van der Waals surface area contributed by atoms with Crippen molar-refractivity contribution in [1.82, 2.24) is 5.32 Å². The molecule has 1 aliphatic rings. The Kier molecular flexibility index (Phi) is 4.73. The molecule has 0 spiro atoms. The molecule has 0 radical (unpaired) electrons. The van der Waals surface area contributed by atoms with Crippen molar-refractivity contribution in [2.45, 2.75) is 25.9 Å². The van der Waals surface area contributed by atoms with Crippen LogP contribution >= 0.6 is 15.9 Å². The van der Waals surface area contributed by atoms with Gasteiger partial charge in [-0.05, 0) is 18.8 Å². The van der Waals surface area contributed by atoms with Crippen LogP contribution in [0.15, 0.2) is 0 Å². The molecule has 4 heteroatoms. The lowest BCUT2D eigenvalue weighted by Crippen LogP contribution is -2.36. The van der Waals surface area contributed by atoms with Gasteiger partial charge in [0.05, 0.1) is 0 Å². The normalized spacial score (nSPS) is 24.3. The van der Waals surface area contributed by atoms with Crippen molar-refractivity contribution < 1.29 is 9.53 Å². The summed E-state index contributed by atoms with van der Waals surface area (Å²) in [5, 5.41) is 3.80. The van der Waals surface area contributed by atoms with Crippen LogP contribution in [0.25, 0.3) is 0 Å². The summed E-state index contributed by atoms with van der Waals surface area (Å²) >= 11 is 3.37. The number of nitrogens with one attached hydrogen (secondary N) is 1. The summed E-state index contributed by atoms with van der Waals surface area (Å²) in [5.41, 5.74) is 0. The number of hydrogen-bond acceptors (Lipinski definition) is 2. The number of amides is 1. The molecule has 13 heavy (non-hydrogen) atoms. The molecule has 0 bridgehead atoms. The number of carbonyl (C=O) groups is 1.